The first-order valence-electron chi connectivity index (χ1n) is 11.6. The molecule has 1 unspecified atom stereocenters. The summed E-state index contributed by atoms with van der Waals surface area (Å²) < 4.78 is 21.9. The Balaban J connectivity index is 1.39. The maximum absolute atomic E-state index is 6.75. The zero-order chi connectivity index (χ0) is 24.3. The molecule has 2 heterocycles. The molecule has 3 aromatic rings. The van der Waals surface area contributed by atoms with Gasteiger partial charge in [0, 0.05) is 43.0 Å². The zero-order valence-corrected chi connectivity index (χ0v) is 20.8. The maximum atomic E-state index is 6.75. The molecule has 0 aliphatic carbocycles. The number of rotatable bonds is 10. The highest BCUT2D eigenvalue weighted by molar-refractivity contribution is 5.88. The number of aryl methyl sites for hydroxylation is 1. The maximum Gasteiger partial charge on any atom is 0.161 e. The molecule has 1 aliphatic rings. The second-order valence-corrected chi connectivity index (χ2v) is 9.32. The van der Waals surface area contributed by atoms with Gasteiger partial charge in [0.2, 0.25) is 0 Å². The minimum Gasteiger partial charge on any atom is -0.493 e. The van der Waals surface area contributed by atoms with Gasteiger partial charge in [0.05, 0.1) is 28.4 Å². The number of methoxy groups -OCH3 is 4. The molecule has 1 aliphatic heterocycles. The molecule has 0 saturated carbocycles. The fraction of sp³-hybridized carbons (Fsp3) is 0.444. The number of nitrogens with zero attached hydrogens (tertiary/aromatic N) is 2. The molecule has 182 valence electrons. The van der Waals surface area contributed by atoms with Crippen molar-refractivity contribution in [1.29, 1.82) is 0 Å². The summed E-state index contributed by atoms with van der Waals surface area (Å²) in [6.45, 7) is 4.89. The molecule has 0 bridgehead atoms. The number of fused-ring (bicyclic) bond motifs is 2. The largest absolute Gasteiger partial charge is 0.493 e. The second-order valence-electron chi connectivity index (χ2n) is 9.32. The third kappa shape index (κ3) is 5.05. The molecule has 0 amide bonds. The average Bonchev–Trinajstić information content (AvgIpc) is 3.26. The molecule has 0 radical (unpaired) electrons. The lowest BCUT2D eigenvalue weighted by Crippen LogP contribution is -2.40. The molecule has 0 saturated heterocycles. The fourth-order valence-corrected chi connectivity index (χ4v) is 4.67. The first-order chi connectivity index (χ1) is 16.4. The van der Waals surface area contributed by atoms with Crippen LogP contribution in [0.1, 0.15) is 36.5 Å². The lowest BCUT2D eigenvalue weighted by Gasteiger charge is -2.27. The highest BCUT2D eigenvalue weighted by Gasteiger charge is 2.25. The molecule has 4 rings (SSSR count). The lowest BCUT2D eigenvalue weighted by atomic mass is 9.90. The Kier molecular flexibility index (Phi) is 7.14. The van der Waals surface area contributed by atoms with Crippen molar-refractivity contribution in [2.45, 2.75) is 44.8 Å². The van der Waals surface area contributed by atoms with Crippen LogP contribution in [-0.2, 0) is 19.5 Å². The third-order valence-electron chi connectivity index (χ3n) is 6.80. The van der Waals surface area contributed by atoms with Gasteiger partial charge in [0.25, 0.3) is 0 Å². The molecule has 7 nitrogen and oxygen atoms in total. The van der Waals surface area contributed by atoms with Crippen LogP contribution in [-0.4, -0.2) is 50.4 Å². The van der Waals surface area contributed by atoms with Crippen molar-refractivity contribution in [2.24, 2.45) is 5.73 Å². The van der Waals surface area contributed by atoms with Gasteiger partial charge in [-0.2, -0.15) is 0 Å². The molecule has 2 aromatic carbocycles. The number of aromatic nitrogens is 1. The van der Waals surface area contributed by atoms with Gasteiger partial charge in [0.15, 0.2) is 23.0 Å². The van der Waals surface area contributed by atoms with E-state index in [1.165, 1.54) is 16.7 Å². The van der Waals surface area contributed by atoms with Gasteiger partial charge >= 0.3 is 0 Å². The Labute approximate surface area is 201 Å². The number of hydrogen-bond donors (Lipinski definition) is 1. The van der Waals surface area contributed by atoms with E-state index in [4.69, 9.17) is 24.7 Å². The van der Waals surface area contributed by atoms with Gasteiger partial charge in [-0.15, -0.1) is 0 Å². The van der Waals surface area contributed by atoms with Crippen LogP contribution < -0.4 is 24.7 Å². The minimum absolute atomic E-state index is 0.289. The third-order valence-corrected chi connectivity index (χ3v) is 6.80. The predicted molar refractivity (Wildman–Crippen MR) is 134 cm³/mol. The highest BCUT2D eigenvalue weighted by atomic mass is 16.5. The molecule has 1 aromatic heterocycles. The molecule has 0 spiro atoms. The average molecular weight is 466 g/mol. The zero-order valence-electron chi connectivity index (χ0n) is 20.8. The van der Waals surface area contributed by atoms with E-state index in [0.29, 0.717) is 5.75 Å². The highest BCUT2D eigenvalue weighted by Crippen LogP contribution is 2.36. The van der Waals surface area contributed by atoms with E-state index in [9.17, 15) is 0 Å². The summed E-state index contributed by atoms with van der Waals surface area (Å²) in [6, 6.07) is 8.18. The van der Waals surface area contributed by atoms with E-state index in [-0.39, 0.29) is 5.54 Å². The van der Waals surface area contributed by atoms with Gasteiger partial charge in [0.1, 0.15) is 0 Å². The Morgan fingerprint density at radius 3 is 1.97 bits per heavy atom. The molecule has 1 atom stereocenters. The fourth-order valence-electron chi connectivity index (χ4n) is 4.67. The number of nitrogens with two attached hydrogens (primary N) is 1. The van der Waals surface area contributed by atoms with Crippen LogP contribution in [0.15, 0.2) is 36.7 Å². The SMILES string of the molecule is COc1cc2c(cc1OC)CN(CCC(C)(N)CCc1cncc3cc(OC)c(OC)cc13)C2. The Morgan fingerprint density at radius 1 is 0.824 bits per heavy atom. The van der Waals surface area contributed by atoms with E-state index in [0.717, 1.165) is 66.9 Å². The number of ether oxygens (including phenoxy) is 4. The minimum atomic E-state index is -0.289. The van der Waals surface area contributed by atoms with Gasteiger partial charge in [-0.3, -0.25) is 9.88 Å². The summed E-state index contributed by atoms with van der Waals surface area (Å²) in [6.07, 6.45) is 6.41. The smallest absolute Gasteiger partial charge is 0.161 e. The van der Waals surface area contributed by atoms with Crippen LogP contribution in [0, 0.1) is 0 Å². The van der Waals surface area contributed by atoms with Crippen LogP contribution in [0.4, 0.5) is 0 Å². The first kappa shape index (κ1) is 24.1. The number of hydrogen-bond acceptors (Lipinski definition) is 7. The van der Waals surface area contributed by atoms with Gasteiger partial charge in [-0.1, -0.05) is 0 Å². The quantitative estimate of drug-likeness (QED) is 0.478. The van der Waals surface area contributed by atoms with Crippen molar-refractivity contribution < 1.29 is 18.9 Å². The Morgan fingerprint density at radius 2 is 1.38 bits per heavy atom. The van der Waals surface area contributed by atoms with Gasteiger partial charge in [-0.05, 0) is 72.5 Å². The topological polar surface area (TPSA) is 79.1 Å². The summed E-state index contributed by atoms with van der Waals surface area (Å²) >= 11 is 0. The lowest BCUT2D eigenvalue weighted by molar-refractivity contribution is 0.244. The monoisotopic (exact) mass is 465 g/mol. The summed E-state index contributed by atoms with van der Waals surface area (Å²) in [5, 5.41) is 2.16. The second kappa shape index (κ2) is 10.1. The molecule has 2 N–H and O–H groups in total. The van der Waals surface area contributed by atoms with Crippen LogP contribution in [0.3, 0.4) is 0 Å². The summed E-state index contributed by atoms with van der Waals surface area (Å²) in [5.41, 5.74) is 10.2. The molecular formula is C27H35N3O4. The van der Waals surface area contributed by atoms with E-state index in [1.807, 2.05) is 24.5 Å². The van der Waals surface area contributed by atoms with Crippen molar-refractivity contribution >= 4 is 10.8 Å². The van der Waals surface area contributed by atoms with E-state index in [1.54, 1.807) is 28.4 Å². The first-order valence-corrected chi connectivity index (χ1v) is 11.6. The van der Waals surface area contributed by atoms with Crippen molar-refractivity contribution in [3.8, 4) is 23.0 Å². The van der Waals surface area contributed by atoms with Crippen LogP contribution in [0.2, 0.25) is 0 Å². The van der Waals surface area contributed by atoms with E-state index < -0.39 is 0 Å². The molecule has 0 fully saturated rings. The Bertz CT molecular complexity index is 1130. The standard InChI is InChI=1S/C27H35N3O4/c1-27(28,8-9-30-16-20-11-24(32-3)25(33-4)12-21(20)17-30)7-6-18-14-29-15-19-10-23(31-2)26(34-5)13-22(18)19/h10-15H,6-9,16-17,28H2,1-5H3. The van der Waals surface area contributed by atoms with E-state index in [2.05, 4.69) is 28.9 Å². The molecule has 7 heteroatoms. The normalized spacial score (nSPS) is 15.1. The van der Waals surface area contributed by atoms with Gasteiger partial charge in [-0.25, -0.2) is 0 Å². The van der Waals surface area contributed by atoms with Crippen molar-refractivity contribution in [3.63, 3.8) is 0 Å². The van der Waals surface area contributed by atoms with Crippen molar-refractivity contribution in [1.82, 2.24) is 9.88 Å². The van der Waals surface area contributed by atoms with Crippen LogP contribution in [0.5, 0.6) is 23.0 Å². The molecule has 34 heavy (non-hydrogen) atoms. The van der Waals surface area contributed by atoms with Crippen molar-refractivity contribution in [3.05, 3.63) is 53.3 Å². The summed E-state index contributed by atoms with van der Waals surface area (Å²) in [5.74, 6) is 2.99. The van der Waals surface area contributed by atoms with Gasteiger partial charge < -0.3 is 24.7 Å². The van der Waals surface area contributed by atoms with E-state index >= 15 is 0 Å². The number of benzene rings is 2. The van der Waals surface area contributed by atoms with Crippen LogP contribution >= 0.6 is 0 Å². The molecular weight excluding hydrogens is 430 g/mol. The number of pyridine rings is 1. The predicted octanol–water partition coefficient (Wildman–Crippen LogP) is 4.33. The summed E-state index contributed by atoms with van der Waals surface area (Å²) in [4.78, 5) is 6.87. The Hall–Kier alpha value is -3.03. The van der Waals surface area contributed by atoms with Crippen LogP contribution in [0.25, 0.3) is 10.8 Å². The van der Waals surface area contributed by atoms with Crippen molar-refractivity contribution in [2.75, 3.05) is 35.0 Å². The summed E-state index contributed by atoms with van der Waals surface area (Å²) in [7, 11) is 6.65.